The summed E-state index contributed by atoms with van der Waals surface area (Å²) in [5.74, 6) is -0.469. The number of hydrogen-bond donors (Lipinski definition) is 2. The minimum Gasteiger partial charge on any atom is -0.481 e. The van der Waals surface area contributed by atoms with Crippen molar-refractivity contribution in [3.63, 3.8) is 0 Å². The van der Waals surface area contributed by atoms with E-state index in [-0.39, 0.29) is 5.75 Å². The average Bonchev–Trinajstić information content (AvgIpc) is 2.34. The number of rotatable bonds is 3. The first kappa shape index (κ1) is 7.88. The summed E-state index contributed by atoms with van der Waals surface area (Å²) in [6, 6.07) is 0. The molecule has 4 heteroatoms. The fourth-order valence-electron chi connectivity index (χ4n) is 0.960. The second kappa shape index (κ2) is 3.83. The first-order chi connectivity index (χ1) is 4.79. The Kier molecular flexibility index (Phi) is 3.02. The summed E-state index contributed by atoms with van der Waals surface area (Å²) < 4.78 is 0. The van der Waals surface area contributed by atoms with E-state index in [0.717, 1.165) is 19.5 Å². The molecule has 0 amide bonds. The summed E-state index contributed by atoms with van der Waals surface area (Å²) in [5, 5.41) is 12.0. The van der Waals surface area contributed by atoms with Gasteiger partial charge in [-0.1, -0.05) is 0 Å². The Morgan fingerprint density at radius 1 is 1.80 bits per heavy atom. The van der Waals surface area contributed by atoms with E-state index in [1.54, 1.807) is 0 Å². The van der Waals surface area contributed by atoms with Gasteiger partial charge in [-0.2, -0.15) is 0 Å². The van der Waals surface area contributed by atoms with Crippen LogP contribution in [-0.2, 0) is 4.79 Å². The molecule has 0 bridgehead atoms. The smallest absolute Gasteiger partial charge is 0.313 e. The van der Waals surface area contributed by atoms with E-state index >= 15 is 0 Å². The predicted molar refractivity (Wildman–Crippen MR) is 41.4 cm³/mol. The second-order valence-corrected chi connectivity index (χ2v) is 3.61. The van der Waals surface area contributed by atoms with Gasteiger partial charge in [-0.25, -0.2) is 0 Å². The normalized spacial score (nSPS) is 25.0. The molecule has 1 fully saturated rings. The van der Waals surface area contributed by atoms with Gasteiger partial charge in [-0.05, 0) is 13.0 Å². The number of carboxylic acids is 1. The Labute approximate surface area is 64.2 Å². The Bertz CT molecular complexity index is 123. The molecule has 10 heavy (non-hydrogen) atoms. The number of nitrogens with one attached hydrogen (secondary N) is 1. The summed E-state index contributed by atoms with van der Waals surface area (Å²) in [5.41, 5.74) is 0. The Morgan fingerprint density at radius 3 is 3.10 bits per heavy atom. The number of carboxylic acid groups (broad SMARTS) is 1. The van der Waals surface area contributed by atoms with Gasteiger partial charge in [0, 0.05) is 11.8 Å². The van der Waals surface area contributed by atoms with E-state index in [4.69, 9.17) is 5.11 Å². The molecular formula is C6H11NO2S. The minimum atomic E-state index is -0.711. The second-order valence-electron chi connectivity index (χ2n) is 2.32. The van der Waals surface area contributed by atoms with E-state index in [2.05, 4.69) is 5.32 Å². The third-order valence-electron chi connectivity index (χ3n) is 1.46. The van der Waals surface area contributed by atoms with Crippen molar-refractivity contribution in [2.24, 2.45) is 0 Å². The highest BCUT2D eigenvalue weighted by Crippen LogP contribution is 2.16. The van der Waals surface area contributed by atoms with E-state index in [1.807, 2.05) is 0 Å². The lowest BCUT2D eigenvalue weighted by atomic mass is 10.4. The summed E-state index contributed by atoms with van der Waals surface area (Å²) in [6.07, 6.45) is 1.11. The Morgan fingerprint density at radius 2 is 2.60 bits per heavy atom. The molecule has 0 aromatic heterocycles. The van der Waals surface area contributed by atoms with Gasteiger partial charge in [0.1, 0.15) is 0 Å². The molecule has 3 nitrogen and oxygen atoms in total. The van der Waals surface area contributed by atoms with Gasteiger partial charge >= 0.3 is 5.97 Å². The van der Waals surface area contributed by atoms with Crippen LogP contribution < -0.4 is 5.32 Å². The molecule has 1 atom stereocenters. The topological polar surface area (TPSA) is 49.3 Å². The molecule has 0 aromatic rings. The highest BCUT2D eigenvalue weighted by Gasteiger charge is 2.15. The van der Waals surface area contributed by atoms with Gasteiger partial charge in [-0.15, -0.1) is 11.8 Å². The van der Waals surface area contributed by atoms with Gasteiger partial charge in [-0.3, -0.25) is 4.79 Å². The van der Waals surface area contributed by atoms with Crippen molar-refractivity contribution in [1.29, 1.82) is 0 Å². The molecule has 58 valence electrons. The van der Waals surface area contributed by atoms with Crippen LogP contribution in [0.25, 0.3) is 0 Å². The van der Waals surface area contributed by atoms with Crippen LogP contribution in [0, 0.1) is 0 Å². The lowest BCUT2D eigenvalue weighted by Gasteiger charge is -2.03. The molecule has 1 saturated heterocycles. The molecule has 1 aliphatic rings. The average molecular weight is 161 g/mol. The predicted octanol–water partition coefficient (Wildman–Crippen LogP) is 0.166. The van der Waals surface area contributed by atoms with Crippen molar-refractivity contribution in [1.82, 2.24) is 5.32 Å². The highest BCUT2D eigenvalue weighted by atomic mass is 32.2. The first-order valence-electron chi connectivity index (χ1n) is 3.33. The number of aliphatic carboxylic acids is 1. The van der Waals surface area contributed by atoms with Gasteiger partial charge in [0.05, 0.1) is 5.75 Å². The van der Waals surface area contributed by atoms with Gasteiger partial charge < -0.3 is 10.4 Å². The maximum atomic E-state index is 10.1. The Hall–Kier alpha value is -0.220. The molecule has 1 unspecified atom stereocenters. The van der Waals surface area contributed by atoms with Crippen LogP contribution in [-0.4, -0.2) is 35.2 Å². The molecule has 0 aromatic carbocycles. The third-order valence-corrected chi connectivity index (χ3v) is 2.74. The maximum absolute atomic E-state index is 10.1. The van der Waals surface area contributed by atoms with Crippen molar-refractivity contribution in [3.8, 4) is 0 Å². The van der Waals surface area contributed by atoms with Crippen LogP contribution in [0.4, 0.5) is 0 Å². The van der Waals surface area contributed by atoms with Crippen molar-refractivity contribution in [3.05, 3.63) is 0 Å². The summed E-state index contributed by atoms with van der Waals surface area (Å²) in [7, 11) is 0. The van der Waals surface area contributed by atoms with E-state index in [0.29, 0.717) is 5.25 Å². The van der Waals surface area contributed by atoms with E-state index < -0.39 is 5.97 Å². The summed E-state index contributed by atoms with van der Waals surface area (Å²) >= 11 is 1.53. The zero-order valence-electron chi connectivity index (χ0n) is 5.67. The first-order valence-corrected chi connectivity index (χ1v) is 4.38. The molecular weight excluding hydrogens is 150 g/mol. The SMILES string of the molecule is O=C(O)CSC1CCNC1. The lowest BCUT2D eigenvalue weighted by molar-refractivity contribution is -0.133. The molecule has 1 heterocycles. The van der Waals surface area contributed by atoms with Gasteiger partial charge in [0.25, 0.3) is 0 Å². The third kappa shape index (κ3) is 2.58. The van der Waals surface area contributed by atoms with Crippen molar-refractivity contribution >= 4 is 17.7 Å². The van der Waals surface area contributed by atoms with Crippen LogP contribution in [0.3, 0.4) is 0 Å². The molecule has 0 aliphatic carbocycles. The zero-order valence-corrected chi connectivity index (χ0v) is 6.49. The molecule has 0 spiro atoms. The largest absolute Gasteiger partial charge is 0.481 e. The lowest BCUT2D eigenvalue weighted by Crippen LogP contribution is -2.12. The minimum absolute atomic E-state index is 0.242. The van der Waals surface area contributed by atoms with Crippen LogP contribution in [0.1, 0.15) is 6.42 Å². The number of carbonyl (C=O) groups is 1. The monoisotopic (exact) mass is 161 g/mol. The van der Waals surface area contributed by atoms with Crippen molar-refractivity contribution < 1.29 is 9.90 Å². The van der Waals surface area contributed by atoms with Crippen LogP contribution in [0.15, 0.2) is 0 Å². The van der Waals surface area contributed by atoms with Gasteiger partial charge in [0.2, 0.25) is 0 Å². The fourth-order valence-corrected chi connectivity index (χ4v) is 1.86. The molecule has 0 radical (unpaired) electrons. The van der Waals surface area contributed by atoms with E-state index in [1.165, 1.54) is 11.8 Å². The Balaban J connectivity index is 2.07. The standard InChI is InChI=1S/C6H11NO2S/c8-6(9)4-10-5-1-2-7-3-5/h5,7H,1-4H2,(H,8,9). The molecule has 0 saturated carbocycles. The van der Waals surface area contributed by atoms with Gasteiger partial charge in [0.15, 0.2) is 0 Å². The van der Waals surface area contributed by atoms with Crippen LogP contribution in [0.2, 0.25) is 0 Å². The quantitative estimate of drug-likeness (QED) is 0.619. The number of hydrogen-bond acceptors (Lipinski definition) is 3. The maximum Gasteiger partial charge on any atom is 0.313 e. The van der Waals surface area contributed by atoms with Crippen molar-refractivity contribution in [2.75, 3.05) is 18.8 Å². The number of thioether (sulfide) groups is 1. The zero-order chi connectivity index (χ0) is 7.40. The summed E-state index contributed by atoms with van der Waals surface area (Å²) in [4.78, 5) is 10.1. The summed E-state index contributed by atoms with van der Waals surface area (Å²) in [6.45, 7) is 2.01. The molecule has 2 N–H and O–H groups in total. The molecule has 1 aliphatic heterocycles. The van der Waals surface area contributed by atoms with Crippen LogP contribution in [0.5, 0.6) is 0 Å². The van der Waals surface area contributed by atoms with Crippen molar-refractivity contribution in [2.45, 2.75) is 11.7 Å². The van der Waals surface area contributed by atoms with Crippen LogP contribution >= 0.6 is 11.8 Å². The van der Waals surface area contributed by atoms with E-state index in [9.17, 15) is 4.79 Å². The highest BCUT2D eigenvalue weighted by molar-refractivity contribution is 8.00. The molecule has 1 rings (SSSR count). The fraction of sp³-hybridized carbons (Fsp3) is 0.833.